The lowest BCUT2D eigenvalue weighted by Crippen LogP contribution is -2.50. The highest BCUT2D eigenvalue weighted by molar-refractivity contribution is 5.81. The van der Waals surface area contributed by atoms with Gasteiger partial charge in [0, 0.05) is 12.6 Å². The quantitative estimate of drug-likeness (QED) is 0.899. The molecule has 2 fully saturated rings. The van der Waals surface area contributed by atoms with E-state index in [-0.39, 0.29) is 23.9 Å². The van der Waals surface area contributed by atoms with Crippen LogP contribution in [-0.2, 0) is 4.79 Å². The molecule has 3 unspecified atom stereocenters. The van der Waals surface area contributed by atoms with Crippen molar-refractivity contribution in [1.29, 1.82) is 0 Å². The molecule has 5 heteroatoms. The van der Waals surface area contributed by atoms with Gasteiger partial charge in [0.15, 0.2) is 0 Å². The molecule has 4 nitrogen and oxygen atoms in total. The molecule has 0 radical (unpaired) electrons. The molecule has 1 amide bonds. The molecule has 1 aromatic carbocycles. The summed E-state index contributed by atoms with van der Waals surface area (Å²) in [5.74, 6) is 0.337. The van der Waals surface area contributed by atoms with Gasteiger partial charge in [0.1, 0.15) is 12.0 Å². The van der Waals surface area contributed by atoms with Gasteiger partial charge in [-0.05, 0) is 43.6 Å². The summed E-state index contributed by atoms with van der Waals surface area (Å²) >= 11 is 0. The van der Waals surface area contributed by atoms with E-state index in [1.807, 2.05) is 4.90 Å². The SMILES string of the molecule is CC1CN(C)CCC1N1C(=O)CNC1c1ccc(F)cc1. The summed E-state index contributed by atoms with van der Waals surface area (Å²) in [7, 11) is 2.12. The van der Waals surface area contributed by atoms with Gasteiger partial charge in [0.05, 0.1) is 6.54 Å². The smallest absolute Gasteiger partial charge is 0.238 e. The zero-order chi connectivity index (χ0) is 15.0. The summed E-state index contributed by atoms with van der Waals surface area (Å²) in [6, 6.07) is 6.68. The van der Waals surface area contributed by atoms with Gasteiger partial charge < -0.3 is 9.80 Å². The van der Waals surface area contributed by atoms with Crippen LogP contribution < -0.4 is 5.32 Å². The van der Waals surface area contributed by atoms with E-state index < -0.39 is 0 Å². The summed E-state index contributed by atoms with van der Waals surface area (Å²) in [5.41, 5.74) is 0.952. The minimum atomic E-state index is -0.248. The number of benzene rings is 1. The maximum Gasteiger partial charge on any atom is 0.238 e. The minimum Gasteiger partial charge on any atom is -0.318 e. The first-order valence-electron chi connectivity index (χ1n) is 7.55. The van der Waals surface area contributed by atoms with Crippen LogP contribution in [-0.4, -0.2) is 48.4 Å². The first-order chi connectivity index (χ1) is 10.1. The molecule has 0 aliphatic carbocycles. The van der Waals surface area contributed by atoms with Crippen molar-refractivity contribution in [2.75, 3.05) is 26.7 Å². The molecule has 1 aromatic rings. The topological polar surface area (TPSA) is 35.6 Å². The second-order valence-electron chi connectivity index (χ2n) is 6.23. The van der Waals surface area contributed by atoms with Crippen LogP contribution in [0.3, 0.4) is 0 Å². The number of amides is 1. The Morgan fingerprint density at radius 3 is 2.67 bits per heavy atom. The number of piperidine rings is 1. The third-order valence-corrected chi connectivity index (χ3v) is 4.62. The van der Waals surface area contributed by atoms with Crippen molar-refractivity contribution < 1.29 is 9.18 Å². The van der Waals surface area contributed by atoms with E-state index in [9.17, 15) is 9.18 Å². The minimum absolute atomic E-state index is 0.131. The molecule has 2 heterocycles. The van der Waals surface area contributed by atoms with Crippen molar-refractivity contribution in [1.82, 2.24) is 15.1 Å². The molecule has 21 heavy (non-hydrogen) atoms. The van der Waals surface area contributed by atoms with Crippen molar-refractivity contribution >= 4 is 5.91 Å². The molecule has 0 saturated carbocycles. The van der Waals surface area contributed by atoms with E-state index in [1.54, 1.807) is 12.1 Å². The Labute approximate surface area is 124 Å². The lowest BCUT2D eigenvalue weighted by molar-refractivity contribution is -0.132. The first kappa shape index (κ1) is 14.5. The zero-order valence-electron chi connectivity index (χ0n) is 12.6. The highest BCUT2D eigenvalue weighted by Gasteiger charge is 2.40. The summed E-state index contributed by atoms with van der Waals surface area (Å²) < 4.78 is 13.1. The Hall–Kier alpha value is -1.46. The molecular formula is C16H22FN3O. The van der Waals surface area contributed by atoms with Crippen LogP contribution in [0.25, 0.3) is 0 Å². The highest BCUT2D eigenvalue weighted by Crippen LogP contribution is 2.31. The van der Waals surface area contributed by atoms with Crippen LogP contribution in [0.4, 0.5) is 4.39 Å². The Morgan fingerprint density at radius 1 is 1.29 bits per heavy atom. The molecule has 1 N–H and O–H groups in total. The van der Waals surface area contributed by atoms with E-state index in [4.69, 9.17) is 0 Å². The van der Waals surface area contributed by atoms with E-state index >= 15 is 0 Å². The fourth-order valence-electron chi connectivity index (χ4n) is 3.57. The number of nitrogens with one attached hydrogen (secondary N) is 1. The van der Waals surface area contributed by atoms with Gasteiger partial charge in [-0.3, -0.25) is 10.1 Å². The van der Waals surface area contributed by atoms with Crippen molar-refractivity contribution in [3.05, 3.63) is 35.6 Å². The number of hydrogen-bond acceptors (Lipinski definition) is 3. The van der Waals surface area contributed by atoms with Gasteiger partial charge in [-0.15, -0.1) is 0 Å². The van der Waals surface area contributed by atoms with Crippen LogP contribution >= 0.6 is 0 Å². The summed E-state index contributed by atoms with van der Waals surface area (Å²) in [6.07, 6.45) is 0.858. The second-order valence-corrected chi connectivity index (χ2v) is 6.23. The van der Waals surface area contributed by atoms with Gasteiger partial charge in [-0.25, -0.2) is 4.39 Å². The number of halogens is 1. The Balaban J connectivity index is 1.84. The number of nitrogens with zero attached hydrogens (tertiary/aromatic N) is 2. The van der Waals surface area contributed by atoms with Crippen molar-refractivity contribution in [2.45, 2.75) is 25.6 Å². The molecule has 0 spiro atoms. The Morgan fingerprint density at radius 2 is 2.00 bits per heavy atom. The second kappa shape index (κ2) is 5.73. The highest BCUT2D eigenvalue weighted by atomic mass is 19.1. The summed E-state index contributed by atoms with van der Waals surface area (Å²) in [4.78, 5) is 16.6. The van der Waals surface area contributed by atoms with Gasteiger partial charge in [-0.2, -0.15) is 0 Å². The van der Waals surface area contributed by atoms with E-state index in [1.165, 1.54) is 12.1 Å². The maximum atomic E-state index is 13.1. The molecule has 114 valence electrons. The molecule has 0 aromatic heterocycles. The van der Waals surface area contributed by atoms with E-state index in [2.05, 4.69) is 24.2 Å². The molecule has 3 rings (SSSR count). The molecular weight excluding hydrogens is 269 g/mol. The van der Waals surface area contributed by atoms with Gasteiger partial charge in [0.25, 0.3) is 0 Å². The third kappa shape index (κ3) is 2.80. The number of carbonyl (C=O) groups is 1. The predicted molar refractivity (Wildman–Crippen MR) is 79.1 cm³/mol. The van der Waals surface area contributed by atoms with Gasteiger partial charge in [-0.1, -0.05) is 19.1 Å². The van der Waals surface area contributed by atoms with Gasteiger partial charge in [0.2, 0.25) is 5.91 Å². The van der Waals surface area contributed by atoms with Crippen LogP contribution in [0.15, 0.2) is 24.3 Å². The average molecular weight is 291 g/mol. The lowest BCUT2D eigenvalue weighted by atomic mass is 9.92. The van der Waals surface area contributed by atoms with Crippen LogP contribution in [0.1, 0.15) is 25.1 Å². The first-order valence-corrected chi connectivity index (χ1v) is 7.55. The molecule has 0 bridgehead atoms. The predicted octanol–water partition coefficient (Wildman–Crippen LogP) is 1.60. The van der Waals surface area contributed by atoms with Crippen molar-refractivity contribution in [3.8, 4) is 0 Å². The van der Waals surface area contributed by atoms with Crippen molar-refractivity contribution in [3.63, 3.8) is 0 Å². The molecule has 2 saturated heterocycles. The normalized spacial score (nSPS) is 30.9. The van der Waals surface area contributed by atoms with Crippen LogP contribution in [0.2, 0.25) is 0 Å². The summed E-state index contributed by atoms with van der Waals surface area (Å²) in [6.45, 7) is 4.58. The number of rotatable bonds is 2. The number of hydrogen-bond donors (Lipinski definition) is 1. The zero-order valence-corrected chi connectivity index (χ0v) is 12.6. The molecule has 2 aliphatic rings. The lowest BCUT2D eigenvalue weighted by Gasteiger charge is -2.42. The van der Waals surface area contributed by atoms with Crippen LogP contribution in [0.5, 0.6) is 0 Å². The molecule has 2 aliphatic heterocycles. The number of likely N-dealkylation sites (tertiary alicyclic amines) is 1. The fraction of sp³-hybridized carbons (Fsp3) is 0.562. The Kier molecular flexibility index (Phi) is 3.95. The monoisotopic (exact) mass is 291 g/mol. The maximum absolute atomic E-state index is 13.1. The summed E-state index contributed by atoms with van der Waals surface area (Å²) in [5, 5.41) is 3.26. The third-order valence-electron chi connectivity index (χ3n) is 4.62. The van der Waals surface area contributed by atoms with E-state index in [0.717, 1.165) is 25.1 Å². The standard InChI is InChI=1S/C16H22FN3O/c1-11-10-19(2)8-7-14(11)20-15(21)9-18-16(20)12-3-5-13(17)6-4-12/h3-6,11,14,16,18H,7-10H2,1-2H3. The van der Waals surface area contributed by atoms with Crippen LogP contribution in [0, 0.1) is 11.7 Å². The van der Waals surface area contributed by atoms with Crippen molar-refractivity contribution in [2.24, 2.45) is 5.92 Å². The largest absolute Gasteiger partial charge is 0.318 e. The number of carbonyl (C=O) groups excluding carboxylic acids is 1. The molecule has 3 atom stereocenters. The van der Waals surface area contributed by atoms with Gasteiger partial charge >= 0.3 is 0 Å². The average Bonchev–Trinajstić information content (AvgIpc) is 2.82. The Bertz CT molecular complexity index is 519. The van der Waals surface area contributed by atoms with E-state index in [0.29, 0.717) is 12.5 Å². The fourth-order valence-corrected chi connectivity index (χ4v) is 3.57.